The molecule has 0 aliphatic carbocycles. The quantitative estimate of drug-likeness (QED) is 0.210. The Kier molecular flexibility index (Phi) is 14.4. The van der Waals surface area contributed by atoms with Gasteiger partial charge in [-0.25, -0.2) is 9.59 Å². The summed E-state index contributed by atoms with van der Waals surface area (Å²) < 4.78 is 21.9. The molecule has 3 atom stereocenters. The van der Waals surface area contributed by atoms with Gasteiger partial charge in [0.1, 0.15) is 29.2 Å². The normalized spacial score (nSPS) is 14.4. The predicted molar refractivity (Wildman–Crippen MR) is 184 cm³/mol. The number of nitrogens with one attached hydrogen (secondary N) is 1. The zero-order valence-electron chi connectivity index (χ0n) is 31.5. The van der Waals surface area contributed by atoms with Crippen LogP contribution in [0.5, 0.6) is 11.5 Å². The van der Waals surface area contributed by atoms with E-state index in [0.717, 1.165) is 0 Å². The first-order chi connectivity index (χ1) is 21.4. The van der Waals surface area contributed by atoms with Gasteiger partial charge in [0.15, 0.2) is 0 Å². The third-order valence-corrected chi connectivity index (χ3v) is 8.00. The van der Waals surface area contributed by atoms with Gasteiger partial charge in [0.2, 0.25) is 11.8 Å². The summed E-state index contributed by atoms with van der Waals surface area (Å²) in [6.45, 7) is 22.0. The smallest absolute Gasteiger partial charge is 0.410 e. The molecule has 0 saturated heterocycles. The molecule has 3 amide bonds. The Morgan fingerprint density at radius 1 is 0.915 bits per heavy atom. The number of likely N-dealkylation sites (N-methyl/N-ethyl adjacent to an activating group) is 2. The van der Waals surface area contributed by atoms with Crippen LogP contribution in [0, 0.1) is 11.3 Å². The van der Waals surface area contributed by atoms with Crippen molar-refractivity contribution >= 4 is 23.9 Å². The van der Waals surface area contributed by atoms with E-state index < -0.39 is 52.5 Å². The molecule has 1 rings (SSSR count). The minimum Gasteiger partial charge on any atom is -0.497 e. The van der Waals surface area contributed by atoms with Gasteiger partial charge in [-0.2, -0.15) is 0 Å². The van der Waals surface area contributed by atoms with Gasteiger partial charge in [0, 0.05) is 36.7 Å². The molecule has 0 unspecified atom stereocenters. The number of methoxy groups -OCH3 is 2. The van der Waals surface area contributed by atoms with E-state index in [0.29, 0.717) is 22.6 Å². The summed E-state index contributed by atoms with van der Waals surface area (Å²) in [7, 11) is 6.23. The highest BCUT2D eigenvalue weighted by atomic mass is 16.6. The average Bonchev–Trinajstić information content (AvgIpc) is 2.95. The van der Waals surface area contributed by atoms with Crippen molar-refractivity contribution in [2.75, 3.05) is 34.9 Å². The largest absolute Gasteiger partial charge is 0.497 e. The van der Waals surface area contributed by atoms with E-state index in [1.54, 1.807) is 78.0 Å². The molecule has 0 fully saturated rings. The van der Waals surface area contributed by atoms with E-state index >= 15 is 0 Å². The summed E-state index contributed by atoms with van der Waals surface area (Å²) >= 11 is 0. The standard InChI is InChI=1S/C36H59N3O8/c1-17-46-32(42)23(4)20-26(22(2)3)38(13)31(41)28(34(5,6)7)37-30(40)29(39(14)33(43)47-35(8,9)10)36(11,12)25-19-18-24(44-15)21-27(25)45-16/h18-22,26,28-29H,17H2,1-16H3,(H,37,40)/t26-,28-,29-/m1/s1. The van der Waals surface area contributed by atoms with Gasteiger partial charge in [-0.15, -0.1) is 0 Å². The molecule has 11 heteroatoms. The van der Waals surface area contributed by atoms with Crippen LogP contribution in [0.2, 0.25) is 0 Å². The Morgan fingerprint density at radius 2 is 1.49 bits per heavy atom. The molecule has 0 radical (unpaired) electrons. The number of carbonyl (C=O) groups excluding carboxylic acids is 4. The monoisotopic (exact) mass is 661 g/mol. The molecule has 1 N–H and O–H groups in total. The van der Waals surface area contributed by atoms with E-state index in [-0.39, 0.29) is 18.4 Å². The minimum atomic E-state index is -1.14. The first-order valence-electron chi connectivity index (χ1n) is 16.0. The lowest BCUT2D eigenvalue weighted by atomic mass is 9.75. The Balaban J connectivity index is 3.75. The molecule has 0 aliphatic heterocycles. The van der Waals surface area contributed by atoms with Crippen LogP contribution in [0.4, 0.5) is 4.79 Å². The van der Waals surface area contributed by atoms with Gasteiger partial charge >= 0.3 is 12.1 Å². The maximum Gasteiger partial charge on any atom is 0.410 e. The Bertz CT molecular complexity index is 1290. The van der Waals surface area contributed by atoms with Gasteiger partial charge in [-0.3, -0.25) is 14.5 Å². The molecule has 0 bridgehead atoms. The van der Waals surface area contributed by atoms with Gasteiger partial charge in [0.25, 0.3) is 0 Å². The van der Waals surface area contributed by atoms with Crippen molar-refractivity contribution in [3.05, 3.63) is 35.4 Å². The summed E-state index contributed by atoms with van der Waals surface area (Å²) in [6.07, 6.45) is 1.02. The summed E-state index contributed by atoms with van der Waals surface area (Å²) in [6, 6.07) is 2.67. The molecular formula is C36H59N3O8. The second kappa shape index (κ2) is 16.4. The van der Waals surface area contributed by atoms with Gasteiger partial charge < -0.3 is 29.2 Å². The lowest BCUT2D eigenvalue weighted by Gasteiger charge is -2.42. The van der Waals surface area contributed by atoms with Gasteiger partial charge in [-0.1, -0.05) is 60.6 Å². The molecule has 0 heterocycles. The van der Waals surface area contributed by atoms with Crippen LogP contribution in [-0.4, -0.2) is 92.3 Å². The molecule has 0 aromatic heterocycles. The number of nitrogens with zero attached hydrogens (tertiary/aromatic N) is 2. The van der Waals surface area contributed by atoms with Crippen LogP contribution in [0.3, 0.4) is 0 Å². The third kappa shape index (κ3) is 10.9. The topological polar surface area (TPSA) is 124 Å². The molecule has 266 valence electrons. The summed E-state index contributed by atoms with van der Waals surface area (Å²) in [5, 5.41) is 3.01. The van der Waals surface area contributed by atoms with Crippen LogP contribution in [0.25, 0.3) is 0 Å². The first kappa shape index (κ1) is 41.3. The Morgan fingerprint density at radius 3 is 1.94 bits per heavy atom. The summed E-state index contributed by atoms with van der Waals surface area (Å²) in [5.41, 5.74) is -1.58. The van der Waals surface area contributed by atoms with Crippen molar-refractivity contribution in [2.45, 2.75) is 112 Å². The molecule has 11 nitrogen and oxygen atoms in total. The van der Waals surface area contributed by atoms with Crippen molar-refractivity contribution in [3.63, 3.8) is 0 Å². The molecular weight excluding hydrogens is 602 g/mol. The van der Waals surface area contributed by atoms with Gasteiger partial charge in [-0.05, 0) is 52.0 Å². The maximum atomic E-state index is 14.6. The highest BCUT2D eigenvalue weighted by Gasteiger charge is 2.47. The number of rotatable bonds is 13. The van der Waals surface area contributed by atoms with E-state index in [9.17, 15) is 19.2 Å². The molecule has 0 aliphatic rings. The van der Waals surface area contributed by atoms with Gasteiger partial charge in [0.05, 0.1) is 26.9 Å². The first-order valence-corrected chi connectivity index (χ1v) is 16.0. The van der Waals surface area contributed by atoms with Crippen molar-refractivity contribution in [1.82, 2.24) is 15.1 Å². The van der Waals surface area contributed by atoms with Crippen LogP contribution in [-0.2, 0) is 29.3 Å². The zero-order chi connectivity index (χ0) is 36.7. The van der Waals surface area contributed by atoms with E-state index in [1.807, 2.05) is 48.5 Å². The lowest BCUT2D eigenvalue weighted by molar-refractivity contribution is -0.142. The van der Waals surface area contributed by atoms with E-state index in [2.05, 4.69) is 5.32 Å². The summed E-state index contributed by atoms with van der Waals surface area (Å²) in [5.74, 6) is -0.382. The van der Waals surface area contributed by atoms with Crippen LogP contribution < -0.4 is 14.8 Å². The van der Waals surface area contributed by atoms with Crippen LogP contribution in [0.1, 0.15) is 88.6 Å². The highest BCUT2D eigenvalue weighted by molar-refractivity contribution is 5.93. The zero-order valence-corrected chi connectivity index (χ0v) is 31.5. The highest BCUT2D eigenvalue weighted by Crippen LogP contribution is 2.39. The van der Waals surface area contributed by atoms with Crippen molar-refractivity contribution < 1.29 is 38.1 Å². The second-order valence-corrected chi connectivity index (χ2v) is 14.8. The van der Waals surface area contributed by atoms with Crippen molar-refractivity contribution in [3.8, 4) is 11.5 Å². The molecule has 1 aromatic carbocycles. The predicted octanol–water partition coefficient (Wildman–Crippen LogP) is 5.74. The molecule has 0 spiro atoms. The molecule has 47 heavy (non-hydrogen) atoms. The van der Waals surface area contributed by atoms with Crippen molar-refractivity contribution in [1.29, 1.82) is 0 Å². The average molecular weight is 662 g/mol. The number of hydrogen-bond acceptors (Lipinski definition) is 8. The number of carbonyl (C=O) groups is 4. The fourth-order valence-electron chi connectivity index (χ4n) is 5.45. The van der Waals surface area contributed by atoms with Crippen LogP contribution >= 0.6 is 0 Å². The maximum absolute atomic E-state index is 14.6. The molecule has 1 aromatic rings. The Labute approximate surface area is 282 Å². The lowest BCUT2D eigenvalue weighted by Crippen LogP contribution is -2.63. The van der Waals surface area contributed by atoms with E-state index in [1.165, 1.54) is 19.1 Å². The SMILES string of the molecule is CCOC(=O)C(C)=C[C@H](C(C)C)N(C)C(=O)[C@@H](NC(=O)[C@@H](N(C)C(=O)OC(C)(C)C)C(C)(C)c1ccc(OC)cc1OC)C(C)(C)C. The fourth-order valence-corrected chi connectivity index (χ4v) is 5.45. The summed E-state index contributed by atoms with van der Waals surface area (Å²) in [4.78, 5) is 57.5. The van der Waals surface area contributed by atoms with Crippen LogP contribution in [0.15, 0.2) is 29.8 Å². The molecule has 0 saturated carbocycles. The number of ether oxygens (including phenoxy) is 4. The minimum absolute atomic E-state index is 0.0582. The number of hydrogen-bond donors (Lipinski definition) is 1. The number of benzene rings is 1. The second-order valence-electron chi connectivity index (χ2n) is 14.8. The number of amides is 3. The Hall–Kier alpha value is -3.76. The van der Waals surface area contributed by atoms with Crippen molar-refractivity contribution in [2.24, 2.45) is 11.3 Å². The third-order valence-electron chi connectivity index (χ3n) is 8.00. The fraction of sp³-hybridized carbons (Fsp3) is 0.667. The number of esters is 1. The van der Waals surface area contributed by atoms with E-state index in [4.69, 9.17) is 18.9 Å².